The van der Waals surface area contributed by atoms with Crippen molar-refractivity contribution in [2.24, 2.45) is 5.41 Å². The number of alkyl halides is 3. The largest absolute Gasteiger partial charge is 0.573 e. The fraction of sp³-hybridized carbons (Fsp3) is 0.389. The van der Waals surface area contributed by atoms with E-state index in [2.05, 4.69) is 4.74 Å². The lowest BCUT2D eigenvalue weighted by Gasteiger charge is -2.32. The number of carboxylic acid groups (broad SMARTS) is 1. The Bertz CT molecular complexity index is 689. The quantitative estimate of drug-likeness (QED) is 0.808. The van der Waals surface area contributed by atoms with Crippen LogP contribution in [-0.2, 0) is 6.42 Å². The van der Waals surface area contributed by atoms with E-state index < -0.39 is 23.6 Å². The lowest BCUT2D eigenvalue weighted by molar-refractivity contribution is -0.275. The van der Waals surface area contributed by atoms with Gasteiger partial charge in [-0.05, 0) is 43.2 Å². The van der Waals surface area contributed by atoms with Gasteiger partial charge in [-0.1, -0.05) is 42.9 Å². The molecule has 0 aromatic heterocycles. The number of halogens is 3. The third-order valence-electron chi connectivity index (χ3n) is 4.49. The van der Waals surface area contributed by atoms with Crippen LogP contribution in [-0.4, -0.2) is 17.4 Å². The van der Waals surface area contributed by atoms with Crippen molar-refractivity contribution in [3.63, 3.8) is 0 Å². The first-order chi connectivity index (χ1) is 11.1. The summed E-state index contributed by atoms with van der Waals surface area (Å²) in [6, 6.07) is 4.03. The van der Waals surface area contributed by atoms with E-state index in [9.17, 15) is 18.0 Å². The molecule has 6 heteroatoms. The maximum Gasteiger partial charge on any atom is 0.573 e. The average Bonchev–Trinajstić information content (AvgIpc) is 2.47. The number of allylic oxidation sites excluding steroid dienone is 4. The SMILES string of the molecule is CC1=CC=CCC1(C)CCc1cccc(C(=O)O)c1OC(F)(F)F. The first-order valence-electron chi connectivity index (χ1n) is 7.57. The van der Waals surface area contributed by atoms with Crippen molar-refractivity contribution in [3.8, 4) is 5.75 Å². The van der Waals surface area contributed by atoms with Gasteiger partial charge < -0.3 is 9.84 Å². The molecule has 1 aromatic rings. The number of benzene rings is 1. The molecule has 0 saturated heterocycles. The van der Waals surface area contributed by atoms with Crippen molar-refractivity contribution in [2.45, 2.75) is 39.5 Å². The predicted octanol–water partition coefficient (Wildman–Crippen LogP) is 5.13. The van der Waals surface area contributed by atoms with Crippen molar-refractivity contribution in [1.82, 2.24) is 0 Å². The Kier molecular flexibility index (Phi) is 5.06. The highest BCUT2D eigenvalue weighted by atomic mass is 19.4. The Labute approximate surface area is 138 Å². The van der Waals surface area contributed by atoms with E-state index in [4.69, 9.17) is 5.11 Å². The highest BCUT2D eigenvalue weighted by Crippen LogP contribution is 2.40. The molecule has 0 radical (unpaired) electrons. The number of ether oxygens (including phenoxy) is 1. The molecule has 0 amide bonds. The second kappa shape index (κ2) is 6.71. The van der Waals surface area contributed by atoms with Crippen LogP contribution in [0.3, 0.4) is 0 Å². The zero-order valence-corrected chi connectivity index (χ0v) is 13.5. The number of aryl methyl sites for hydroxylation is 1. The molecule has 0 bridgehead atoms. The summed E-state index contributed by atoms with van der Waals surface area (Å²) < 4.78 is 42.0. The normalized spacial score (nSPS) is 20.6. The minimum Gasteiger partial charge on any atom is -0.478 e. The van der Waals surface area contributed by atoms with Crippen molar-refractivity contribution < 1.29 is 27.8 Å². The van der Waals surface area contributed by atoms with Gasteiger partial charge in [0.25, 0.3) is 0 Å². The van der Waals surface area contributed by atoms with E-state index in [-0.39, 0.29) is 11.0 Å². The molecular weight excluding hydrogens is 321 g/mol. The lowest BCUT2D eigenvalue weighted by Crippen LogP contribution is -2.22. The van der Waals surface area contributed by atoms with E-state index in [1.54, 1.807) is 0 Å². The van der Waals surface area contributed by atoms with E-state index in [0.717, 1.165) is 18.1 Å². The van der Waals surface area contributed by atoms with Crippen LogP contribution in [0.25, 0.3) is 0 Å². The van der Waals surface area contributed by atoms with Crippen molar-refractivity contribution in [1.29, 1.82) is 0 Å². The third kappa shape index (κ3) is 4.19. The Morgan fingerprint density at radius 2 is 2.08 bits per heavy atom. The third-order valence-corrected chi connectivity index (χ3v) is 4.49. The van der Waals surface area contributed by atoms with Crippen LogP contribution in [0.2, 0.25) is 0 Å². The molecule has 3 nitrogen and oxygen atoms in total. The van der Waals surface area contributed by atoms with Crippen LogP contribution >= 0.6 is 0 Å². The molecule has 0 heterocycles. The van der Waals surface area contributed by atoms with Gasteiger partial charge in [0.2, 0.25) is 0 Å². The van der Waals surface area contributed by atoms with Gasteiger partial charge in [-0.15, -0.1) is 13.2 Å². The van der Waals surface area contributed by atoms with Gasteiger partial charge in [-0.3, -0.25) is 0 Å². The molecule has 0 spiro atoms. The van der Waals surface area contributed by atoms with Crippen LogP contribution < -0.4 is 4.74 Å². The maximum atomic E-state index is 12.7. The molecule has 1 aromatic carbocycles. The van der Waals surface area contributed by atoms with Crippen molar-refractivity contribution in [2.75, 3.05) is 0 Å². The Morgan fingerprint density at radius 3 is 2.67 bits per heavy atom. The molecule has 1 N–H and O–H groups in total. The van der Waals surface area contributed by atoms with E-state index in [1.807, 2.05) is 32.1 Å². The van der Waals surface area contributed by atoms with Crippen molar-refractivity contribution in [3.05, 3.63) is 53.1 Å². The van der Waals surface area contributed by atoms with Gasteiger partial charge in [0.15, 0.2) is 0 Å². The molecule has 2 rings (SSSR count). The fourth-order valence-corrected chi connectivity index (χ4v) is 2.80. The molecule has 1 aliphatic carbocycles. The van der Waals surface area contributed by atoms with Gasteiger partial charge in [0.05, 0.1) is 0 Å². The van der Waals surface area contributed by atoms with Crippen LogP contribution in [0, 0.1) is 5.41 Å². The summed E-state index contributed by atoms with van der Waals surface area (Å²) in [6.45, 7) is 4.04. The van der Waals surface area contributed by atoms with Crippen LogP contribution in [0.15, 0.2) is 42.0 Å². The Morgan fingerprint density at radius 1 is 1.38 bits per heavy atom. The average molecular weight is 340 g/mol. The second-order valence-corrected chi connectivity index (χ2v) is 6.19. The monoisotopic (exact) mass is 340 g/mol. The summed E-state index contributed by atoms with van der Waals surface area (Å²) in [4.78, 5) is 11.2. The molecule has 1 atom stereocenters. The zero-order valence-electron chi connectivity index (χ0n) is 13.5. The molecule has 0 saturated carbocycles. The molecular formula is C18H19F3O3. The van der Waals surface area contributed by atoms with E-state index in [1.165, 1.54) is 12.1 Å². The molecule has 1 unspecified atom stereocenters. The van der Waals surface area contributed by atoms with Gasteiger partial charge in [-0.25, -0.2) is 4.79 Å². The minimum atomic E-state index is -4.94. The van der Waals surface area contributed by atoms with Gasteiger partial charge in [0, 0.05) is 0 Å². The summed E-state index contributed by atoms with van der Waals surface area (Å²) >= 11 is 0. The summed E-state index contributed by atoms with van der Waals surface area (Å²) in [5, 5.41) is 9.13. The summed E-state index contributed by atoms with van der Waals surface area (Å²) in [7, 11) is 0. The van der Waals surface area contributed by atoms with Gasteiger partial charge >= 0.3 is 12.3 Å². The number of hydrogen-bond donors (Lipinski definition) is 1. The molecule has 0 fully saturated rings. The minimum absolute atomic E-state index is 0.163. The lowest BCUT2D eigenvalue weighted by atomic mass is 9.73. The predicted molar refractivity (Wildman–Crippen MR) is 84.0 cm³/mol. The summed E-state index contributed by atoms with van der Waals surface area (Å²) in [5.41, 5.74) is 0.753. The Balaban J connectivity index is 2.30. The highest BCUT2D eigenvalue weighted by Gasteiger charge is 2.35. The number of aromatic carboxylic acids is 1. The molecule has 130 valence electrons. The van der Waals surface area contributed by atoms with E-state index in [0.29, 0.717) is 12.8 Å². The van der Waals surface area contributed by atoms with Crippen LogP contribution in [0.5, 0.6) is 5.75 Å². The molecule has 1 aliphatic rings. The Hall–Kier alpha value is -2.24. The van der Waals surface area contributed by atoms with Gasteiger partial charge in [0.1, 0.15) is 11.3 Å². The smallest absolute Gasteiger partial charge is 0.478 e. The first kappa shape index (κ1) is 18.1. The standard InChI is InChI=1S/C18H19F3O3/c1-12-6-3-4-10-17(12,2)11-9-13-7-5-8-14(16(22)23)15(13)24-18(19,20)21/h3-8H,9-11H2,1-2H3,(H,22,23). The maximum absolute atomic E-state index is 12.7. The molecule has 0 aliphatic heterocycles. The number of hydrogen-bond acceptors (Lipinski definition) is 2. The number of rotatable bonds is 5. The fourth-order valence-electron chi connectivity index (χ4n) is 2.80. The topological polar surface area (TPSA) is 46.5 Å². The van der Waals surface area contributed by atoms with Crippen LogP contribution in [0.1, 0.15) is 42.6 Å². The van der Waals surface area contributed by atoms with Crippen molar-refractivity contribution >= 4 is 5.97 Å². The number of para-hydroxylation sites is 1. The first-order valence-corrected chi connectivity index (χ1v) is 7.57. The van der Waals surface area contributed by atoms with Crippen LogP contribution in [0.4, 0.5) is 13.2 Å². The highest BCUT2D eigenvalue weighted by molar-refractivity contribution is 5.91. The molecule has 24 heavy (non-hydrogen) atoms. The second-order valence-electron chi connectivity index (χ2n) is 6.19. The zero-order chi connectivity index (χ0) is 18.0. The van der Waals surface area contributed by atoms with Gasteiger partial charge in [-0.2, -0.15) is 0 Å². The number of carboxylic acids is 1. The number of carbonyl (C=O) groups is 1. The van der Waals surface area contributed by atoms with E-state index >= 15 is 0 Å². The summed E-state index contributed by atoms with van der Waals surface area (Å²) in [6.07, 6.45) is 2.72. The summed E-state index contributed by atoms with van der Waals surface area (Å²) in [5.74, 6) is -2.06.